The van der Waals surface area contributed by atoms with Gasteiger partial charge in [-0.05, 0) is 19.3 Å². The third-order valence-electron chi connectivity index (χ3n) is 1.15. The zero-order valence-electron chi connectivity index (χ0n) is 7.71. The van der Waals surface area contributed by atoms with E-state index in [-0.39, 0.29) is 12.8 Å². The molecular weight excluding hydrogens is 136 g/mol. The van der Waals surface area contributed by atoms with E-state index in [1.54, 1.807) is 0 Å². The van der Waals surface area contributed by atoms with Gasteiger partial charge in [0.25, 0.3) is 0 Å². The Labute approximate surface area is 63.0 Å². The Balaban J connectivity index is 3.51. The highest BCUT2D eigenvalue weighted by atomic mass is 16.4. The first-order chi connectivity index (χ1) is 5.33. The molecule has 0 rings (SSSR count). The van der Waals surface area contributed by atoms with Gasteiger partial charge >= 0.3 is 5.97 Å². The minimum absolute atomic E-state index is 0.133. The summed E-state index contributed by atoms with van der Waals surface area (Å²) in [5.41, 5.74) is 10.2. The largest absolute Gasteiger partial charge is 0.480 e. The molecule has 0 aliphatic carbocycles. The average molecular weight is 152 g/mol. The van der Waals surface area contributed by atoms with Crippen LogP contribution in [0.2, 0.25) is 0 Å². The van der Waals surface area contributed by atoms with Crippen molar-refractivity contribution in [1.29, 1.82) is 0 Å². The third-order valence-corrected chi connectivity index (χ3v) is 1.15. The van der Waals surface area contributed by atoms with Crippen LogP contribution in [-0.4, -0.2) is 23.6 Å². The smallest absolute Gasteiger partial charge is 0.320 e. The highest BCUT2D eigenvalue weighted by Gasteiger charge is 2.09. The molecule has 0 heterocycles. The molecule has 0 unspecified atom stereocenters. The Morgan fingerprint density at radius 2 is 2.30 bits per heavy atom. The zero-order valence-corrected chi connectivity index (χ0v) is 5.71. The van der Waals surface area contributed by atoms with Crippen LogP contribution in [0.15, 0.2) is 0 Å². The monoisotopic (exact) mass is 152 g/mol. The van der Waals surface area contributed by atoms with Crippen LogP contribution < -0.4 is 11.5 Å². The van der Waals surface area contributed by atoms with Gasteiger partial charge in [-0.1, -0.05) is 6.42 Å². The minimum atomic E-state index is -1.72. The zero-order chi connectivity index (χ0) is 9.78. The second-order valence-electron chi connectivity index (χ2n) is 2.04. The Kier molecular flexibility index (Phi) is 3.18. The minimum Gasteiger partial charge on any atom is -0.480 e. The van der Waals surface area contributed by atoms with Crippen LogP contribution in [0.1, 0.15) is 22.0 Å². The number of carboxylic acid groups (broad SMARTS) is 1. The molecular formula is C6H14N2O2. The van der Waals surface area contributed by atoms with Crippen molar-refractivity contribution in [3.05, 3.63) is 0 Å². The van der Waals surface area contributed by atoms with E-state index in [1.807, 2.05) is 0 Å². The first-order valence-corrected chi connectivity index (χ1v) is 3.10. The SMILES string of the molecule is [2H][13C]([2H])([15NH2])C[13CH2]C[C@H]([15NH2])C(=O)O. The van der Waals surface area contributed by atoms with Gasteiger partial charge in [-0.15, -0.1) is 0 Å². The molecule has 0 aliphatic heterocycles. The van der Waals surface area contributed by atoms with Crippen molar-refractivity contribution in [2.45, 2.75) is 25.3 Å². The third kappa shape index (κ3) is 4.29. The molecule has 0 saturated carbocycles. The van der Waals surface area contributed by atoms with Crippen LogP contribution in [0.25, 0.3) is 0 Å². The van der Waals surface area contributed by atoms with Crippen molar-refractivity contribution in [3.63, 3.8) is 0 Å². The molecule has 0 aliphatic rings. The number of nitrogens with two attached hydrogens (primary N) is 2. The summed E-state index contributed by atoms with van der Waals surface area (Å²) in [7, 11) is 0. The molecule has 0 radical (unpaired) electrons. The number of hydrogen-bond acceptors (Lipinski definition) is 3. The Bertz CT molecular complexity index is 158. The molecule has 1 atom stereocenters. The van der Waals surface area contributed by atoms with Gasteiger partial charge in [0, 0.05) is 2.74 Å². The summed E-state index contributed by atoms with van der Waals surface area (Å²) in [5, 5.41) is 8.36. The van der Waals surface area contributed by atoms with E-state index in [2.05, 4.69) is 0 Å². The lowest BCUT2D eigenvalue weighted by Crippen LogP contribution is -2.29. The summed E-state index contributed by atoms with van der Waals surface area (Å²) >= 11 is 0. The first kappa shape index (κ1) is 6.12. The molecule has 0 spiro atoms. The van der Waals surface area contributed by atoms with Gasteiger partial charge < -0.3 is 16.6 Å². The highest BCUT2D eigenvalue weighted by molar-refractivity contribution is 5.72. The number of carbonyl (C=O) groups is 1. The molecule has 5 N–H and O–H groups in total. The van der Waals surface area contributed by atoms with Crippen LogP contribution in [0.3, 0.4) is 0 Å². The summed E-state index contributed by atoms with van der Waals surface area (Å²) in [4.78, 5) is 10.2. The second kappa shape index (κ2) is 5.20. The molecule has 10 heavy (non-hydrogen) atoms. The molecule has 0 aromatic heterocycles. The van der Waals surface area contributed by atoms with Gasteiger partial charge in [0.1, 0.15) is 6.04 Å². The summed E-state index contributed by atoms with van der Waals surface area (Å²) in [6.07, 6.45) is 0.775. The van der Waals surface area contributed by atoms with Crippen molar-refractivity contribution < 1.29 is 12.6 Å². The van der Waals surface area contributed by atoms with Crippen LogP contribution in [0, 0.1) is 0 Å². The maximum Gasteiger partial charge on any atom is 0.320 e. The quantitative estimate of drug-likeness (QED) is 0.367. The Hall–Kier alpha value is -0.610. The number of aliphatic carboxylic acids is 1. The van der Waals surface area contributed by atoms with E-state index in [0.29, 0.717) is 6.42 Å². The summed E-state index contributed by atoms with van der Waals surface area (Å²) in [6.45, 7) is -1.72. The van der Waals surface area contributed by atoms with Gasteiger partial charge in [0.15, 0.2) is 0 Å². The van der Waals surface area contributed by atoms with E-state index in [9.17, 15) is 4.79 Å². The average Bonchev–Trinajstić information content (AvgIpc) is 1.84. The fourth-order valence-corrected chi connectivity index (χ4v) is 0.548. The van der Waals surface area contributed by atoms with E-state index in [4.69, 9.17) is 19.3 Å². The predicted octanol–water partition coefficient (Wildman–Crippen LogP) is -0.473. The van der Waals surface area contributed by atoms with E-state index < -0.39 is 18.5 Å². The van der Waals surface area contributed by atoms with Crippen LogP contribution in [0.5, 0.6) is 0 Å². The Morgan fingerprint density at radius 1 is 1.70 bits per heavy atom. The topological polar surface area (TPSA) is 89.3 Å². The van der Waals surface area contributed by atoms with Crippen LogP contribution in [0.4, 0.5) is 0 Å². The van der Waals surface area contributed by atoms with Crippen molar-refractivity contribution in [2.75, 3.05) is 6.50 Å². The van der Waals surface area contributed by atoms with E-state index in [0.717, 1.165) is 0 Å². The van der Waals surface area contributed by atoms with E-state index >= 15 is 0 Å². The Morgan fingerprint density at radius 3 is 2.70 bits per heavy atom. The predicted molar refractivity (Wildman–Crippen MR) is 38.5 cm³/mol. The molecule has 0 aromatic carbocycles. The number of rotatable bonds is 5. The van der Waals surface area contributed by atoms with Crippen molar-refractivity contribution in [2.24, 2.45) is 11.5 Å². The highest BCUT2D eigenvalue weighted by Crippen LogP contribution is 1.96. The molecule has 0 saturated heterocycles. The van der Waals surface area contributed by atoms with Gasteiger partial charge in [0.05, 0.1) is 0 Å². The van der Waals surface area contributed by atoms with Gasteiger partial charge in [-0.3, -0.25) is 4.79 Å². The molecule has 4 nitrogen and oxygen atoms in total. The second-order valence-corrected chi connectivity index (χ2v) is 2.04. The first-order valence-electron chi connectivity index (χ1n) is 4.10. The molecule has 0 aromatic rings. The van der Waals surface area contributed by atoms with Gasteiger partial charge in [0.2, 0.25) is 0 Å². The molecule has 0 bridgehead atoms. The summed E-state index contributed by atoms with van der Waals surface area (Å²) in [5.74, 6) is -1.06. The molecule has 4 heteroatoms. The number of hydrogen-bond donors (Lipinski definition) is 3. The van der Waals surface area contributed by atoms with Crippen molar-refractivity contribution >= 4 is 5.97 Å². The van der Waals surface area contributed by atoms with Crippen LogP contribution in [-0.2, 0) is 4.79 Å². The van der Waals surface area contributed by atoms with Crippen molar-refractivity contribution in [3.8, 4) is 0 Å². The lowest BCUT2D eigenvalue weighted by Gasteiger charge is -2.03. The molecule has 0 fully saturated rings. The van der Waals surface area contributed by atoms with Crippen molar-refractivity contribution in [1.82, 2.24) is 0 Å². The maximum atomic E-state index is 10.2. The summed E-state index contributed by atoms with van der Waals surface area (Å²) in [6, 6.07) is -0.910. The fourth-order valence-electron chi connectivity index (χ4n) is 0.548. The standard InChI is InChI=1S/C6H14N2O2/c7-4-2-1-3-5(8)6(9)10/h5H,1-4,7-8H2,(H,9,10)/t5-/m0/s1/i1+1,4+1D2,7+1,8+1. The molecule has 60 valence electrons. The van der Waals surface area contributed by atoms with Gasteiger partial charge in [-0.25, -0.2) is 0 Å². The number of carboxylic acids is 1. The fraction of sp³-hybridized carbons (Fsp3) is 0.833. The lowest BCUT2D eigenvalue weighted by molar-refractivity contribution is -0.138. The van der Waals surface area contributed by atoms with Gasteiger partial charge in [-0.2, -0.15) is 0 Å². The normalized spacial score (nSPS) is 17.4. The van der Waals surface area contributed by atoms with Crippen LogP contribution >= 0.6 is 0 Å². The lowest BCUT2D eigenvalue weighted by atomic mass is 10.3. The molecule has 0 amide bonds. The maximum absolute atomic E-state index is 10.2. The summed E-state index contributed by atoms with van der Waals surface area (Å²) < 4.78 is 13.9. The van der Waals surface area contributed by atoms with E-state index in [1.165, 1.54) is 0 Å².